The summed E-state index contributed by atoms with van der Waals surface area (Å²) in [6.45, 7) is 6.29. The van der Waals surface area contributed by atoms with Crippen molar-refractivity contribution < 1.29 is 4.74 Å². The molecule has 3 N–H and O–H groups in total. The molecule has 0 fully saturated rings. The fraction of sp³-hybridized carbons (Fsp3) is 0.500. The van der Waals surface area contributed by atoms with Gasteiger partial charge >= 0.3 is 0 Å². The molecule has 0 aromatic heterocycles. The van der Waals surface area contributed by atoms with Gasteiger partial charge in [-0.2, -0.15) is 0 Å². The Bertz CT molecular complexity index is 271. The quantitative estimate of drug-likeness (QED) is 0.745. The van der Waals surface area contributed by atoms with Gasteiger partial charge in [0.1, 0.15) is 5.75 Å². The lowest BCUT2D eigenvalue weighted by Gasteiger charge is -2.11. The summed E-state index contributed by atoms with van der Waals surface area (Å²) in [6.07, 6.45) is 0. The molecule has 1 atom stereocenters. The maximum atomic E-state index is 5.52. The molecule has 3 heteroatoms. The minimum Gasteiger partial charge on any atom is -0.494 e. The summed E-state index contributed by atoms with van der Waals surface area (Å²) in [6, 6.07) is 8.49. The molecule has 3 nitrogen and oxygen atoms in total. The monoisotopic (exact) mass is 208 g/mol. The molecule has 15 heavy (non-hydrogen) atoms. The SMILES string of the molecule is CCOc1ccc(CN[C@@H](C)CN)cc1. The van der Waals surface area contributed by atoms with E-state index < -0.39 is 0 Å². The van der Waals surface area contributed by atoms with Crippen molar-refractivity contribution in [3.8, 4) is 5.75 Å². The molecule has 1 aromatic rings. The summed E-state index contributed by atoms with van der Waals surface area (Å²) < 4.78 is 5.37. The first-order valence-electron chi connectivity index (χ1n) is 5.41. The van der Waals surface area contributed by atoms with E-state index in [1.165, 1.54) is 5.56 Å². The van der Waals surface area contributed by atoms with Gasteiger partial charge in [-0.15, -0.1) is 0 Å². The normalized spacial score (nSPS) is 12.5. The van der Waals surface area contributed by atoms with Crippen molar-refractivity contribution in [1.29, 1.82) is 0 Å². The van der Waals surface area contributed by atoms with Crippen molar-refractivity contribution in [2.45, 2.75) is 26.4 Å². The summed E-state index contributed by atoms with van der Waals surface area (Å²) in [5, 5.41) is 3.33. The molecule has 0 saturated heterocycles. The van der Waals surface area contributed by atoms with Gasteiger partial charge in [-0.05, 0) is 31.5 Å². The van der Waals surface area contributed by atoms with Gasteiger partial charge in [-0.25, -0.2) is 0 Å². The van der Waals surface area contributed by atoms with Gasteiger partial charge in [0, 0.05) is 19.1 Å². The maximum absolute atomic E-state index is 5.52. The van der Waals surface area contributed by atoms with Crippen molar-refractivity contribution in [2.75, 3.05) is 13.2 Å². The maximum Gasteiger partial charge on any atom is 0.119 e. The number of hydrogen-bond donors (Lipinski definition) is 2. The van der Waals surface area contributed by atoms with Gasteiger partial charge in [0.2, 0.25) is 0 Å². The van der Waals surface area contributed by atoms with Gasteiger partial charge in [0.15, 0.2) is 0 Å². The second kappa shape index (κ2) is 6.43. The molecule has 0 saturated carbocycles. The van der Waals surface area contributed by atoms with Crippen molar-refractivity contribution >= 4 is 0 Å². The van der Waals surface area contributed by atoms with Crippen LogP contribution in [0.15, 0.2) is 24.3 Å². The van der Waals surface area contributed by atoms with Gasteiger partial charge in [-0.1, -0.05) is 12.1 Å². The zero-order valence-electron chi connectivity index (χ0n) is 9.49. The fourth-order valence-corrected chi connectivity index (χ4v) is 1.25. The van der Waals surface area contributed by atoms with Crippen LogP contribution in [-0.2, 0) is 6.54 Å². The third-order valence-electron chi connectivity index (χ3n) is 2.24. The molecule has 1 aromatic carbocycles. The van der Waals surface area contributed by atoms with Crippen LogP contribution in [0.5, 0.6) is 5.75 Å². The van der Waals surface area contributed by atoms with Crippen LogP contribution >= 0.6 is 0 Å². The van der Waals surface area contributed by atoms with Gasteiger partial charge in [0.05, 0.1) is 6.61 Å². The molecule has 84 valence electrons. The van der Waals surface area contributed by atoms with Crippen LogP contribution in [0.1, 0.15) is 19.4 Å². The highest BCUT2D eigenvalue weighted by Gasteiger charge is 1.98. The van der Waals surface area contributed by atoms with E-state index >= 15 is 0 Å². The van der Waals surface area contributed by atoms with Crippen molar-refractivity contribution in [3.05, 3.63) is 29.8 Å². The van der Waals surface area contributed by atoms with Crippen LogP contribution in [0, 0.1) is 0 Å². The van der Waals surface area contributed by atoms with E-state index in [0.717, 1.165) is 12.3 Å². The molecule has 1 rings (SSSR count). The Morgan fingerprint density at radius 2 is 2.00 bits per heavy atom. The van der Waals surface area contributed by atoms with Crippen LogP contribution in [-0.4, -0.2) is 19.2 Å². The largest absolute Gasteiger partial charge is 0.494 e. The fourth-order valence-electron chi connectivity index (χ4n) is 1.25. The Kier molecular flexibility index (Phi) is 5.15. The highest BCUT2D eigenvalue weighted by molar-refractivity contribution is 5.27. The third kappa shape index (κ3) is 4.32. The van der Waals surface area contributed by atoms with Crippen molar-refractivity contribution in [1.82, 2.24) is 5.32 Å². The van der Waals surface area contributed by atoms with Crippen LogP contribution in [0.3, 0.4) is 0 Å². The standard InChI is InChI=1S/C12H20N2O/c1-3-15-12-6-4-11(5-7-12)9-14-10(2)8-13/h4-7,10,14H,3,8-9,13H2,1-2H3/t10-/m0/s1. The van der Waals surface area contributed by atoms with Crippen molar-refractivity contribution in [2.24, 2.45) is 5.73 Å². The van der Waals surface area contributed by atoms with Crippen LogP contribution in [0.4, 0.5) is 0 Å². The lowest BCUT2D eigenvalue weighted by molar-refractivity contribution is 0.340. The van der Waals surface area contributed by atoms with E-state index in [1.807, 2.05) is 19.1 Å². The Morgan fingerprint density at radius 3 is 2.53 bits per heavy atom. The number of nitrogens with one attached hydrogen (secondary N) is 1. The molecule has 0 aliphatic rings. The van der Waals surface area contributed by atoms with E-state index in [0.29, 0.717) is 19.2 Å². The summed E-state index contributed by atoms with van der Waals surface area (Å²) in [4.78, 5) is 0. The number of rotatable bonds is 6. The Balaban J connectivity index is 2.42. The van der Waals surface area contributed by atoms with E-state index in [4.69, 9.17) is 10.5 Å². The summed E-state index contributed by atoms with van der Waals surface area (Å²) >= 11 is 0. The Labute approximate surface area is 91.6 Å². The zero-order valence-corrected chi connectivity index (χ0v) is 9.49. The minimum absolute atomic E-state index is 0.358. The summed E-state index contributed by atoms with van der Waals surface area (Å²) in [7, 11) is 0. The zero-order chi connectivity index (χ0) is 11.1. The minimum atomic E-state index is 0.358. The average molecular weight is 208 g/mol. The lowest BCUT2D eigenvalue weighted by atomic mass is 10.2. The van der Waals surface area contributed by atoms with Crippen molar-refractivity contribution in [3.63, 3.8) is 0 Å². The second-order valence-electron chi connectivity index (χ2n) is 3.59. The molecule has 0 bridgehead atoms. The van der Waals surface area contributed by atoms with Crippen LogP contribution < -0.4 is 15.8 Å². The van der Waals surface area contributed by atoms with Gasteiger partial charge < -0.3 is 15.8 Å². The Hall–Kier alpha value is -1.06. The first-order chi connectivity index (χ1) is 7.26. The Morgan fingerprint density at radius 1 is 1.33 bits per heavy atom. The number of hydrogen-bond acceptors (Lipinski definition) is 3. The average Bonchev–Trinajstić information content (AvgIpc) is 2.28. The predicted molar refractivity (Wildman–Crippen MR) is 63.0 cm³/mol. The summed E-state index contributed by atoms with van der Waals surface area (Å²) in [5.41, 5.74) is 6.77. The van der Waals surface area contributed by atoms with Gasteiger partial charge in [0.25, 0.3) is 0 Å². The molecule has 0 spiro atoms. The molecule has 0 heterocycles. The topological polar surface area (TPSA) is 47.3 Å². The summed E-state index contributed by atoms with van der Waals surface area (Å²) in [5.74, 6) is 0.924. The predicted octanol–water partition coefficient (Wildman–Crippen LogP) is 1.52. The highest BCUT2D eigenvalue weighted by Crippen LogP contribution is 2.11. The third-order valence-corrected chi connectivity index (χ3v) is 2.24. The van der Waals surface area contributed by atoms with Crippen LogP contribution in [0.2, 0.25) is 0 Å². The van der Waals surface area contributed by atoms with Gasteiger partial charge in [-0.3, -0.25) is 0 Å². The number of ether oxygens (including phenoxy) is 1. The molecule has 0 amide bonds. The first-order valence-corrected chi connectivity index (χ1v) is 5.41. The molecular formula is C12H20N2O. The number of nitrogens with two attached hydrogens (primary N) is 1. The van der Waals surface area contributed by atoms with E-state index in [2.05, 4.69) is 24.4 Å². The molecule has 0 aliphatic heterocycles. The molecule has 0 aliphatic carbocycles. The molecule has 0 unspecified atom stereocenters. The van der Waals surface area contributed by atoms with E-state index in [9.17, 15) is 0 Å². The van der Waals surface area contributed by atoms with E-state index in [1.54, 1.807) is 0 Å². The molecular weight excluding hydrogens is 188 g/mol. The molecule has 0 radical (unpaired) electrons. The first kappa shape index (κ1) is 12.0. The van der Waals surface area contributed by atoms with Crippen LogP contribution in [0.25, 0.3) is 0 Å². The number of benzene rings is 1. The van der Waals surface area contributed by atoms with E-state index in [-0.39, 0.29) is 0 Å². The smallest absolute Gasteiger partial charge is 0.119 e. The highest BCUT2D eigenvalue weighted by atomic mass is 16.5. The lowest BCUT2D eigenvalue weighted by Crippen LogP contribution is -2.32. The second-order valence-corrected chi connectivity index (χ2v) is 3.59.